The first-order valence-electron chi connectivity index (χ1n) is 5.12. The largest absolute Gasteiger partial charge is 0.342 e. The van der Waals surface area contributed by atoms with E-state index in [9.17, 15) is 4.79 Å². The summed E-state index contributed by atoms with van der Waals surface area (Å²) in [5, 5.41) is 3.37. The molecule has 1 heterocycles. The van der Waals surface area contributed by atoms with Crippen LogP contribution in [-0.2, 0) is 4.79 Å². The van der Waals surface area contributed by atoms with E-state index in [2.05, 4.69) is 5.32 Å². The molecule has 0 aromatic heterocycles. The van der Waals surface area contributed by atoms with Crippen LogP contribution in [0, 0.1) is 5.92 Å². The van der Waals surface area contributed by atoms with E-state index in [0.717, 1.165) is 12.3 Å². The number of hydrogen-bond donors (Lipinski definition) is 1. The first kappa shape index (κ1) is 11.8. The highest BCUT2D eigenvalue weighted by Gasteiger charge is 2.48. The minimum atomic E-state index is 0. The van der Waals surface area contributed by atoms with Crippen molar-refractivity contribution in [1.29, 1.82) is 0 Å². The number of carbonyl (C=O) groups excluding carboxylic acids is 1. The van der Waals surface area contributed by atoms with Gasteiger partial charge in [0.2, 0.25) is 5.91 Å². The van der Waals surface area contributed by atoms with Gasteiger partial charge in [-0.05, 0) is 32.6 Å². The Kier molecular flexibility index (Phi) is 3.43. The second kappa shape index (κ2) is 4.07. The average Bonchev–Trinajstić information content (AvgIpc) is 2.71. The van der Waals surface area contributed by atoms with Crippen LogP contribution in [0.15, 0.2) is 0 Å². The summed E-state index contributed by atoms with van der Waals surface area (Å²) in [5.41, 5.74) is 0. The number of amides is 1. The fourth-order valence-electron chi connectivity index (χ4n) is 2.01. The van der Waals surface area contributed by atoms with Crippen molar-refractivity contribution in [2.45, 2.75) is 44.8 Å². The molecule has 0 bridgehead atoms. The minimum absolute atomic E-state index is 0. The van der Waals surface area contributed by atoms with E-state index in [1.54, 1.807) is 0 Å². The van der Waals surface area contributed by atoms with Crippen LogP contribution in [0.25, 0.3) is 0 Å². The second-order valence-corrected chi connectivity index (χ2v) is 4.60. The smallest absolute Gasteiger partial charge is 0.239 e. The SMILES string of the molecule is CC(C)N(C)C(=O)[C@@H]1C[C@H]2C[C@H]2N1.Cl. The lowest BCUT2D eigenvalue weighted by molar-refractivity contribution is -0.133. The standard InChI is InChI=1S/C10H18N2O.ClH/c1-6(2)12(3)10(13)9-5-7-4-8(7)11-9;/h6-9,11H,4-5H2,1-3H3;1H/t7-,8-,9+;/m1./s1. The summed E-state index contributed by atoms with van der Waals surface area (Å²) in [4.78, 5) is 13.7. The molecular formula is C10H19ClN2O. The van der Waals surface area contributed by atoms with Crippen molar-refractivity contribution in [3.8, 4) is 0 Å². The van der Waals surface area contributed by atoms with Crippen LogP contribution >= 0.6 is 12.4 Å². The molecular weight excluding hydrogens is 200 g/mol. The van der Waals surface area contributed by atoms with E-state index in [1.807, 2.05) is 25.8 Å². The lowest BCUT2D eigenvalue weighted by Crippen LogP contribution is -2.45. The monoisotopic (exact) mass is 218 g/mol. The molecule has 1 N–H and O–H groups in total. The van der Waals surface area contributed by atoms with Crippen molar-refractivity contribution in [1.82, 2.24) is 10.2 Å². The van der Waals surface area contributed by atoms with Crippen molar-refractivity contribution >= 4 is 18.3 Å². The molecule has 0 spiro atoms. The Balaban J connectivity index is 0.000000980. The summed E-state index contributed by atoms with van der Waals surface area (Å²) in [6, 6.07) is 1.08. The maximum atomic E-state index is 11.8. The first-order chi connectivity index (χ1) is 6.09. The maximum Gasteiger partial charge on any atom is 0.239 e. The number of piperidine rings is 1. The number of fused-ring (bicyclic) bond motifs is 1. The first-order valence-corrected chi connectivity index (χ1v) is 5.12. The molecule has 0 aromatic rings. The molecule has 2 aliphatic rings. The van der Waals surface area contributed by atoms with E-state index in [4.69, 9.17) is 0 Å². The van der Waals surface area contributed by atoms with Crippen LogP contribution in [-0.4, -0.2) is 36.0 Å². The lowest BCUT2D eigenvalue weighted by Gasteiger charge is -2.25. The third-order valence-electron chi connectivity index (χ3n) is 3.30. The lowest BCUT2D eigenvalue weighted by atomic mass is 10.1. The van der Waals surface area contributed by atoms with Gasteiger partial charge in [-0.25, -0.2) is 0 Å². The molecule has 14 heavy (non-hydrogen) atoms. The number of halogens is 1. The van der Waals surface area contributed by atoms with Gasteiger partial charge in [0.1, 0.15) is 0 Å². The molecule has 2 rings (SSSR count). The number of nitrogens with zero attached hydrogens (tertiary/aromatic N) is 1. The van der Waals surface area contributed by atoms with Gasteiger partial charge in [0.05, 0.1) is 6.04 Å². The zero-order valence-electron chi connectivity index (χ0n) is 8.99. The number of carbonyl (C=O) groups is 1. The van der Waals surface area contributed by atoms with Gasteiger partial charge in [0.15, 0.2) is 0 Å². The summed E-state index contributed by atoms with van der Waals surface area (Å²) >= 11 is 0. The fourth-order valence-corrected chi connectivity index (χ4v) is 2.01. The van der Waals surface area contributed by atoms with Crippen LogP contribution in [0.1, 0.15) is 26.7 Å². The van der Waals surface area contributed by atoms with E-state index in [1.165, 1.54) is 6.42 Å². The Morgan fingerprint density at radius 1 is 1.43 bits per heavy atom. The van der Waals surface area contributed by atoms with Gasteiger partial charge < -0.3 is 10.2 Å². The van der Waals surface area contributed by atoms with Crippen LogP contribution in [0.5, 0.6) is 0 Å². The van der Waals surface area contributed by atoms with E-state index >= 15 is 0 Å². The molecule has 1 saturated carbocycles. The molecule has 4 heteroatoms. The van der Waals surface area contributed by atoms with Gasteiger partial charge >= 0.3 is 0 Å². The van der Waals surface area contributed by atoms with Crippen LogP contribution in [0.2, 0.25) is 0 Å². The number of likely N-dealkylation sites (N-methyl/N-ethyl adjacent to an activating group) is 1. The van der Waals surface area contributed by atoms with Gasteiger partial charge in [0.25, 0.3) is 0 Å². The van der Waals surface area contributed by atoms with E-state index in [-0.39, 0.29) is 24.4 Å². The quantitative estimate of drug-likeness (QED) is 0.751. The zero-order chi connectivity index (χ0) is 9.59. The molecule has 0 unspecified atom stereocenters. The molecule has 3 nitrogen and oxygen atoms in total. The highest BCUT2D eigenvalue weighted by molar-refractivity contribution is 5.85. The summed E-state index contributed by atoms with van der Waals surface area (Å²) < 4.78 is 0. The Hall–Kier alpha value is -0.280. The van der Waals surface area contributed by atoms with Gasteiger partial charge in [0, 0.05) is 19.1 Å². The number of hydrogen-bond acceptors (Lipinski definition) is 2. The molecule has 1 aliphatic heterocycles. The summed E-state index contributed by atoms with van der Waals surface area (Å²) in [6.07, 6.45) is 2.34. The van der Waals surface area contributed by atoms with E-state index in [0.29, 0.717) is 12.1 Å². The van der Waals surface area contributed by atoms with Gasteiger partial charge in [-0.15, -0.1) is 12.4 Å². The fraction of sp³-hybridized carbons (Fsp3) is 0.900. The molecule has 3 atom stereocenters. The summed E-state index contributed by atoms with van der Waals surface area (Å²) in [7, 11) is 1.89. The Morgan fingerprint density at radius 2 is 2.07 bits per heavy atom. The molecule has 1 saturated heterocycles. The van der Waals surface area contributed by atoms with Crippen molar-refractivity contribution in [3.63, 3.8) is 0 Å². The third kappa shape index (κ3) is 2.04. The zero-order valence-corrected chi connectivity index (χ0v) is 9.80. The molecule has 82 valence electrons. The maximum absolute atomic E-state index is 11.8. The normalized spacial score (nSPS) is 33.6. The second-order valence-electron chi connectivity index (χ2n) is 4.60. The Labute approximate surface area is 91.6 Å². The number of rotatable bonds is 2. The highest BCUT2D eigenvalue weighted by Crippen LogP contribution is 2.40. The highest BCUT2D eigenvalue weighted by atomic mass is 35.5. The molecule has 0 aromatic carbocycles. The van der Waals surface area contributed by atoms with Crippen molar-refractivity contribution in [3.05, 3.63) is 0 Å². The third-order valence-corrected chi connectivity index (χ3v) is 3.30. The van der Waals surface area contributed by atoms with Crippen LogP contribution in [0.4, 0.5) is 0 Å². The number of nitrogens with one attached hydrogen (secondary N) is 1. The molecule has 0 radical (unpaired) electrons. The van der Waals surface area contributed by atoms with E-state index < -0.39 is 0 Å². The van der Waals surface area contributed by atoms with Crippen molar-refractivity contribution in [2.75, 3.05) is 7.05 Å². The average molecular weight is 219 g/mol. The van der Waals surface area contributed by atoms with Gasteiger partial charge in [-0.2, -0.15) is 0 Å². The van der Waals surface area contributed by atoms with Crippen molar-refractivity contribution < 1.29 is 4.79 Å². The van der Waals surface area contributed by atoms with Crippen molar-refractivity contribution in [2.24, 2.45) is 5.92 Å². The predicted molar refractivity (Wildman–Crippen MR) is 58.6 cm³/mol. The predicted octanol–water partition coefficient (Wildman–Crippen LogP) is 1.03. The summed E-state index contributed by atoms with van der Waals surface area (Å²) in [6.45, 7) is 4.10. The topological polar surface area (TPSA) is 32.3 Å². The van der Waals surface area contributed by atoms with Crippen LogP contribution < -0.4 is 5.32 Å². The van der Waals surface area contributed by atoms with Gasteiger partial charge in [-0.3, -0.25) is 4.79 Å². The molecule has 1 aliphatic carbocycles. The summed E-state index contributed by atoms with van der Waals surface area (Å²) in [5.74, 6) is 1.07. The Bertz CT molecular complexity index is 222. The molecule has 2 fully saturated rings. The molecule has 1 amide bonds. The minimum Gasteiger partial charge on any atom is -0.342 e. The van der Waals surface area contributed by atoms with Gasteiger partial charge in [-0.1, -0.05) is 0 Å². The van der Waals surface area contributed by atoms with Crippen LogP contribution in [0.3, 0.4) is 0 Å². The Morgan fingerprint density at radius 3 is 2.50 bits per heavy atom.